The standard InChI is InChI=1S/C16H13FN4O4S/c1-9-10(6-7-24-9)15-20-21-16(25-15)26-8-13(22)18-19-14(23)11-4-2-3-5-12(11)17/h2-7H,8H2,1H3,(H,18,22)(H,19,23). The van der Waals surface area contributed by atoms with E-state index < -0.39 is 17.6 Å². The summed E-state index contributed by atoms with van der Waals surface area (Å²) in [6.45, 7) is 1.76. The molecule has 0 saturated heterocycles. The van der Waals surface area contributed by atoms with Crippen molar-refractivity contribution in [3.05, 3.63) is 53.7 Å². The average molecular weight is 376 g/mol. The zero-order valence-electron chi connectivity index (χ0n) is 13.5. The summed E-state index contributed by atoms with van der Waals surface area (Å²) >= 11 is 0.995. The maximum Gasteiger partial charge on any atom is 0.277 e. The predicted molar refractivity (Wildman–Crippen MR) is 89.5 cm³/mol. The molecule has 26 heavy (non-hydrogen) atoms. The van der Waals surface area contributed by atoms with Crippen LogP contribution in [0.1, 0.15) is 16.1 Å². The molecular formula is C16H13FN4O4S. The number of rotatable bonds is 5. The first kappa shape index (κ1) is 17.7. The molecular weight excluding hydrogens is 363 g/mol. The van der Waals surface area contributed by atoms with Crippen LogP contribution in [0.15, 0.2) is 50.7 Å². The van der Waals surface area contributed by atoms with E-state index in [-0.39, 0.29) is 22.4 Å². The van der Waals surface area contributed by atoms with Crippen LogP contribution in [0.3, 0.4) is 0 Å². The molecule has 0 unspecified atom stereocenters. The lowest BCUT2D eigenvalue weighted by Crippen LogP contribution is -2.42. The first-order valence-electron chi connectivity index (χ1n) is 7.39. The van der Waals surface area contributed by atoms with Gasteiger partial charge in [-0.2, -0.15) is 0 Å². The largest absolute Gasteiger partial charge is 0.469 e. The first-order valence-corrected chi connectivity index (χ1v) is 8.37. The van der Waals surface area contributed by atoms with Crippen LogP contribution in [-0.2, 0) is 4.79 Å². The highest BCUT2D eigenvalue weighted by atomic mass is 32.2. The second-order valence-corrected chi connectivity index (χ2v) is 5.96. The van der Waals surface area contributed by atoms with Gasteiger partial charge in [0.25, 0.3) is 17.0 Å². The molecule has 0 radical (unpaired) electrons. The second kappa shape index (κ2) is 7.83. The molecule has 0 fully saturated rings. The van der Waals surface area contributed by atoms with Gasteiger partial charge in [-0.3, -0.25) is 20.4 Å². The number of amides is 2. The average Bonchev–Trinajstić information content (AvgIpc) is 3.26. The van der Waals surface area contributed by atoms with Gasteiger partial charge in [0.15, 0.2) is 0 Å². The molecule has 0 atom stereocenters. The fraction of sp³-hybridized carbons (Fsp3) is 0.125. The van der Waals surface area contributed by atoms with Crippen molar-refractivity contribution >= 4 is 23.6 Å². The van der Waals surface area contributed by atoms with Gasteiger partial charge in [0.2, 0.25) is 5.91 Å². The summed E-state index contributed by atoms with van der Waals surface area (Å²) in [7, 11) is 0. The van der Waals surface area contributed by atoms with Crippen molar-refractivity contribution in [3.63, 3.8) is 0 Å². The summed E-state index contributed by atoms with van der Waals surface area (Å²) in [6, 6.07) is 7.14. The third kappa shape index (κ3) is 4.09. The predicted octanol–water partition coefficient (Wildman–Crippen LogP) is 2.33. The summed E-state index contributed by atoms with van der Waals surface area (Å²) in [6.07, 6.45) is 1.51. The molecule has 134 valence electrons. The number of carbonyl (C=O) groups is 2. The summed E-state index contributed by atoms with van der Waals surface area (Å²) in [4.78, 5) is 23.6. The number of aromatic nitrogens is 2. The number of benzene rings is 1. The van der Waals surface area contributed by atoms with Crippen LogP contribution in [0.4, 0.5) is 4.39 Å². The molecule has 2 heterocycles. The Kier molecular flexibility index (Phi) is 5.32. The van der Waals surface area contributed by atoms with Gasteiger partial charge in [-0.05, 0) is 25.1 Å². The van der Waals surface area contributed by atoms with E-state index in [9.17, 15) is 14.0 Å². The van der Waals surface area contributed by atoms with E-state index in [1.807, 2.05) is 0 Å². The minimum atomic E-state index is -0.753. The first-order chi connectivity index (χ1) is 12.5. The molecule has 8 nitrogen and oxygen atoms in total. The van der Waals surface area contributed by atoms with Crippen LogP contribution < -0.4 is 10.9 Å². The number of thioether (sulfide) groups is 1. The number of hydrogen-bond donors (Lipinski definition) is 2. The van der Waals surface area contributed by atoms with E-state index in [0.29, 0.717) is 11.3 Å². The van der Waals surface area contributed by atoms with Crippen LogP contribution in [0, 0.1) is 12.7 Å². The number of halogens is 1. The minimum Gasteiger partial charge on any atom is -0.469 e. The maximum atomic E-state index is 13.5. The van der Waals surface area contributed by atoms with Gasteiger partial charge in [-0.1, -0.05) is 23.9 Å². The Morgan fingerprint density at radius 1 is 1.19 bits per heavy atom. The molecule has 2 amide bonds. The minimum absolute atomic E-state index is 0.0798. The molecule has 10 heteroatoms. The van der Waals surface area contributed by atoms with Crippen molar-refractivity contribution in [1.29, 1.82) is 0 Å². The van der Waals surface area contributed by atoms with E-state index in [0.717, 1.165) is 17.8 Å². The zero-order valence-corrected chi connectivity index (χ0v) is 14.3. The van der Waals surface area contributed by atoms with Crippen molar-refractivity contribution < 1.29 is 22.8 Å². The molecule has 0 aliphatic heterocycles. The Hall–Kier alpha value is -3.14. The van der Waals surface area contributed by atoms with Gasteiger partial charge in [-0.25, -0.2) is 4.39 Å². The SMILES string of the molecule is Cc1occc1-c1nnc(SCC(=O)NNC(=O)c2ccccc2F)o1. The fourth-order valence-corrected chi connectivity index (χ4v) is 2.55. The lowest BCUT2D eigenvalue weighted by molar-refractivity contribution is -0.119. The summed E-state index contributed by atoms with van der Waals surface area (Å²) in [5.74, 6) is -1.10. The molecule has 0 saturated carbocycles. The van der Waals surface area contributed by atoms with E-state index in [1.54, 1.807) is 13.0 Å². The highest BCUT2D eigenvalue weighted by molar-refractivity contribution is 7.99. The smallest absolute Gasteiger partial charge is 0.277 e. The molecule has 3 aromatic rings. The van der Waals surface area contributed by atoms with Crippen molar-refractivity contribution in [1.82, 2.24) is 21.0 Å². The van der Waals surface area contributed by atoms with Crippen molar-refractivity contribution in [2.24, 2.45) is 0 Å². The van der Waals surface area contributed by atoms with Crippen molar-refractivity contribution in [3.8, 4) is 11.5 Å². The highest BCUT2D eigenvalue weighted by Crippen LogP contribution is 2.26. The van der Waals surface area contributed by atoms with Gasteiger partial charge < -0.3 is 8.83 Å². The Morgan fingerprint density at radius 3 is 2.73 bits per heavy atom. The Bertz CT molecular complexity index is 940. The Balaban J connectivity index is 1.49. The molecule has 2 aromatic heterocycles. The van der Waals surface area contributed by atoms with Gasteiger partial charge >= 0.3 is 0 Å². The highest BCUT2D eigenvalue weighted by Gasteiger charge is 2.15. The number of furan rings is 1. The molecule has 3 rings (SSSR count). The molecule has 0 bridgehead atoms. The number of nitrogens with zero attached hydrogens (tertiary/aromatic N) is 2. The molecule has 1 aromatic carbocycles. The van der Waals surface area contributed by atoms with Gasteiger partial charge in [0.05, 0.1) is 23.1 Å². The fourth-order valence-electron chi connectivity index (χ4n) is 1.99. The molecule has 0 spiro atoms. The van der Waals surface area contributed by atoms with Crippen LogP contribution in [0.2, 0.25) is 0 Å². The summed E-state index contributed by atoms with van der Waals surface area (Å²) < 4.78 is 24.1. The Labute approximate surface area is 151 Å². The normalized spacial score (nSPS) is 10.5. The third-order valence-electron chi connectivity index (χ3n) is 3.26. The lowest BCUT2D eigenvalue weighted by Gasteiger charge is -2.07. The molecule has 0 aliphatic rings. The molecule has 2 N–H and O–H groups in total. The van der Waals surface area contributed by atoms with Crippen LogP contribution in [0.25, 0.3) is 11.5 Å². The maximum absolute atomic E-state index is 13.5. The van der Waals surface area contributed by atoms with E-state index in [4.69, 9.17) is 8.83 Å². The molecule has 0 aliphatic carbocycles. The quantitative estimate of drug-likeness (QED) is 0.519. The number of nitrogens with one attached hydrogen (secondary N) is 2. The zero-order chi connectivity index (χ0) is 18.5. The number of hydrazine groups is 1. The summed E-state index contributed by atoms with van der Waals surface area (Å²) in [5.41, 5.74) is 4.83. The van der Waals surface area contributed by atoms with Gasteiger partial charge in [0.1, 0.15) is 11.6 Å². The monoisotopic (exact) mass is 376 g/mol. The van der Waals surface area contributed by atoms with E-state index >= 15 is 0 Å². The van der Waals surface area contributed by atoms with Gasteiger partial charge in [0, 0.05) is 0 Å². The van der Waals surface area contributed by atoms with Crippen LogP contribution in [-0.4, -0.2) is 27.8 Å². The van der Waals surface area contributed by atoms with Crippen molar-refractivity contribution in [2.45, 2.75) is 12.1 Å². The van der Waals surface area contributed by atoms with E-state index in [2.05, 4.69) is 21.0 Å². The van der Waals surface area contributed by atoms with Crippen LogP contribution >= 0.6 is 11.8 Å². The second-order valence-electron chi connectivity index (χ2n) is 5.03. The van der Waals surface area contributed by atoms with E-state index in [1.165, 1.54) is 24.5 Å². The summed E-state index contributed by atoms with van der Waals surface area (Å²) in [5, 5.41) is 7.90. The number of hydrogen-bond acceptors (Lipinski definition) is 7. The number of aryl methyl sites for hydroxylation is 1. The lowest BCUT2D eigenvalue weighted by atomic mass is 10.2. The Morgan fingerprint density at radius 2 is 2.00 bits per heavy atom. The number of carbonyl (C=O) groups excluding carboxylic acids is 2. The van der Waals surface area contributed by atoms with Crippen molar-refractivity contribution in [2.75, 3.05) is 5.75 Å². The third-order valence-corrected chi connectivity index (χ3v) is 4.07. The topological polar surface area (TPSA) is 110 Å². The van der Waals surface area contributed by atoms with Crippen LogP contribution in [0.5, 0.6) is 0 Å². The van der Waals surface area contributed by atoms with Gasteiger partial charge in [-0.15, -0.1) is 10.2 Å².